The minimum absolute atomic E-state index is 0.417. The zero-order chi connectivity index (χ0) is 15.1. The van der Waals surface area contributed by atoms with Crippen molar-refractivity contribution in [2.45, 2.75) is 52.5 Å². The van der Waals surface area contributed by atoms with Crippen LogP contribution >= 0.6 is 11.3 Å². The van der Waals surface area contributed by atoms with Gasteiger partial charge in [0, 0.05) is 23.8 Å². The van der Waals surface area contributed by atoms with Crippen LogP contribution in [0.25, 0.3) is 0 Å². The van der Waals surface area contributed by atoms with Crippen molar-refractivity contribution >= 4 is 11.3 Å². The van der Waals surface area contributed by atoms with Crippen molar-refractivity contribution in [2.24, 2.45) is 5.92 Å². The molecule has 0 amide bonds. The molecule has 2 heterocycles. The van der Waals surface area contributed by atoms with Crippen LogP contribution in [-0.4, -0.2) is 22.7 Å². The molecule has 0 spiro atoms. The maximum absolute atomic E-state index is 5.41. The van der Waals surface area contributed by atoms with Crippen LogP contribution < -0.4 is 5.32 Å². The average molecular weight is 307 g/mol. The maximum Gasteiger partial charge on any atom is 0.228 e. The van der Waals surface area contributed by atoms with Crippen LogP contribution in [0.2, 0.25) is 0 Å². The average Bonchev–Trinajstić information content (AvgIpc) is 3.08. The van der Waals surface area contributed by atoms with Crippen molar-refractivity contribution < 1.29 is 4.52 Å². The van der Waals surface area contributed by atoms with Gasteiger partial charge in [0.2, 0.25) is 5.89 Å². The van der Waals surface area contributed by atoms with Crippen molar-refractivity contribution in [2.75, 3.05) is 6.54 Å². The van der Waals surface area contributed by atoms with Crippen molar-refractivity contribution in [3.05, 3.63) is 34.1 Å². The largest absolute Gasteiger partial charge is 0.339 e. The smallest absolute Gasteiger partial charge is 0.228 e. The predicted molar refractivity (Wildman–Crippen MR) is 86.7 cm³/mol. The van der Waals surface area contributed by atoms with E-state index >= 15 is 0 Å². The number of rotatable bonds is 9. The van der Waals surface area contributed by atoms with Crippen LogP contribution in [0.4, 0.5) is 0 Å². The minimum atomic E-state index is 0.417. The molecule has 0 aliphatic rings. The van der Waals surface area contributed by atoms with Crippen LogP contribution in [0, 0.1) is 5.92 Å². The van der Waals surface area contributed by atoms with Gasteiger partial charge in [0.05, 0.1) is 0 Å². The van der Waals surface area contributed by atoms with E-state index in [0.29, 0.717) is 12.0 Å². The summed E-state index contributed by atoms with van der Waals surface area (Å²) in [7, 11) is 0. The number of aromatic nitrogens is 2. The van der Waals surface area contributed by atoms with Gasteiger partial charge in [-0.3, -0.25) is 0 Å². The molecule has 2 aromatic heterocycles. The van der Waals surface area contributed by atoms with Crippen molar-refractivity contribution in [1.29, 1.82) is 0 Å². The zero-order valence-electron chi connectivity index (χ0n) is 13.1. The van der Waals surface area contributed by atoms with Crippen molar-refractivity contribution in [1.82, 2.24) is 15.5 Å². The van der Waals surface area contributed by atoms with E-state index in [4.69, 9.17) is 4.52 Å². The normalized spacial score (nSPS) is 13.0. The van der Waals surface area contributed by atoms with Crippen LogP contribution in [0.1, 0.15) is 50.2 Å². The lowest BCUT2D eigenvalue weighted by atomic mass is 10.0. The number of nitrogens with one attached hydrogen (secondary N) is 1. The molecular formula is C16H25N3OS. The Labute approximate surface area is 131 Å². The van der Waals surface area contributed by atoms with Crippen LogP contribution in [0.5, 0.6) is 0 Å². The van der Waals surface area contributed by atoms with E-state index in [-0.39, 0.29) is 0 Å². The lowest BCUT2D eigenvalue weighted by Gasteiger charge is -2.18. The fraction of sp³-hybridized carbons (Fsp3) is 0.625. The van der Waals surface area contributed by atoms with Gasteiger partial charge in [0.15, 0.2) is 5.82 Å². The monoisotopic (exact) mass is 307 g/mol. The summed E-state index contributed by atoms with van der Waals surface area (Å²) in [6, 6.07) is 4.57. The highest BCUT2D eigenvalue weighted by Crippen LogP contribution is 2.14. The summed E-state index contributed by atoms with van der Waals surface area (Å²) in [5.74, 6) is 2.19. The van der Waals surface area contributed by atoms with Gasteiger partial charge in [-0.1, -0.05) is 32.0 Å². The Morgan fingerprint density at radius 2 is 2.24 bits per heavy atom. The molecule has 4 nitrogen and oxygen atoms in total. The molecule has 1 unspecified atom stereocenters. The molecule has 2 rings (SSSR count). The highest BCUT2D eigenvalue weighted by atomic mass is 32.1. The molecule has 0 aliphatic carbocycles. The van der Waals surface area contributed by atoms with E-state index in [1.54, 1.807) is 11.3 Å². The van der Waals surface area contributed by atoms with Gasteiger partial charge in [0.25, 0.3) is 0 Å². The van der Waals surface area contributed by atoms with Crippen LogP contribution in [0.15, 0.2) is 22.0 Å². The summed E-state index contributed by atoms with van der Waals surface area (Å²) in [6.07, 6.45) is 3.85. The first-order valence-corrected chi connectivity index (χ1v) is 8.62. The molecule has 2 aromatic rings. The van der Waals surface area contributed by atoms with E-state index in [1.165, 1.54) is 4.88 Å². The Balaban J connectivity index is 1.92. The number of nitrogens with zero attached hydrogens (tertiary/aromatic N) is 2. The standard InChI is InChI=1S/C16H25N3OS/c1-4-7-17-13(9-12(2)3)10-16-18-15(19-20-16)11-14-6-5-8-21-14/h5-6,8,12-13,17H,4,7,9-11H2,1-3H3. The van der Waals surface area contributed by atoms with Gasteiger partial charge in [-0.05, 0) is 36.8 Å². The highest BCUT2D eigenvalue weighted by molar-refractivity contribution is 7.09. The third kappa shape index (κ3) is 5.59. The fourth-order valence-electron chi connectivity index (χ4n) is 2.38. The quantitative estimate of drug-likeness (QED) is 0.768. The lowest BCUT2D eigenvalue weighted by Crippen LogP contribution is -2.33. The second-order valence-electron chi connectivity index (χ2n) is 5.85. The fourth-order valence-corrected chi connectivity index (χ4v) is 3.08. The summed E-state index contributed by atoms with van der Waals surface area (Å²) in [6.45, 7) is 7.71. The number of thiophene rings is 1. The second-order valence-corrected chi connectivity index (χ2v) is 6.88. The Bertz CT molecular complexity index is 507. The Morgan fingerprint density at radius 3 is 2.90 bits per heavy atom. The van der Waals surface area contributed by atoms with Crippen LogP contribution in [-0.2, 0) is 12.8 Å². The molecular weight excluding hydrogens is 282 g/mol. The zero-order valence-corrected chi connectivity index (χ0v) is 13.9. The second kappa shape index (κ2) is 8.29. The molecule has 0 saturated heterocycles. The molecule has 0 bridgehead atoms. The highest BCUT2D eigenvalue weighted by Gasteiger charge is 2.15. The maximum atomic E-state index is 5.41. The molecule has 1 N–H and O–H groups in total. The molecule has 0 aromatic carbocycles. The summed E-state index contributed by atoms with van der Waals surface area (Å²) in [5, 5.41) is 9.75. The first-order chi connectivity index (χ1) is 10.2. The van der Waals surface area contributed by atoms with Gasteiger partial charge < -0.3 is 9.84 Å². The molecule has 116 valence electrons. The summed E-state index contributed by atoms with van der Waals surface area (Å²) < 4.78 is 5.41. The minimum Gasteiger partial charge on any atom is -0.339 e. The first kappa shape index (κ1) is 16.2. The van der Waals surface area contributed by atoms with Gasteiger partial charge >= 0.3 is 0 Å². The van der Waals surface area contributed by atoms with E-state index in [1.807, 2.05) is 6.07 Å². The van der Waals surface area contributed by atoms with E-state index in [9.17, 15) is 0 Å². The SMILES string of the molecule is CCCNC(Cc1nc(Cc2cccs2)no1)CC(C)C. The Hall–Kier alpha value is -1.20. The van der Waals surface area contributed by atoms with E-state index in [2.05, 4.69) is 47.7 Å². The van der Waals surface area contributed by atoms with Gasteiger partial charge in [-0.15, -0.1) is 11.3 Å². The number of hydrogen-bond acceptors (Lipinski definition) is 5. The third-order valence-electron chi connectivity index (χ3n) is 3.28. The molecule has 0 saturated carbocycles. The Kier molecular flexibility index (Phi) is 6.39. The summed E-state index contributed by atoms with van der Waals surface area (Å²) in [4.78, 5) is 5.80. The van der Waals surface area contributed by atoms with Crippen molar-refractivity contribution in [3.8, 4) is 0 Å². The number of hydrogen-bond donors (Lipinski definition) is 1. The lowest BCUT2D eigenvalue weighted by molar-refractivity contribution is 0.336. The van der Waals surface area contributed by atoms with Gasteiger partial charge in [-0.25, -0.2) is 0 Å². The molecule has 21 heavy (non-hydrogen) atoms. The van der Waals surface area contributed by atoms with E-state index < -0.39 is 0 Å². The predicted octanol–water partition coefficient (Wildman–Crippen LogP) is 3.68. The van der Waals surface area contributed by atoms with E-state index in [0.717, 1.165) is 43.9 Å². The topological polar surface area (TPSA) is 51.0 Å². The summed E-state index contributed by atoms with van der Waals surface area (Å²) >= 11 is 1.73. The molecule has 0 radical (unpaired) electrons. The molecule has 0 aliphatic heterocycles. The first-order valence-electron chi connectivity index (χ1n) is 7.74. The molecule has 5 heteroatoms. The summed E-state index contributed by atoms with van der Waals surface area (Å²) in [5.41, 5.74) is 0. The molecule has 0 fully saturated rings. The third-order valence-corrected chi connectivity index (χ3v) is 4.16. The Morgan fingerprint density at radius 1 is 1.38 bits per heavy atom. The van der Waals surface area contributed by atoms with Crippen molar-refractivity contribution in [3.63, 3.8) is 0 Å². The van der Waals surface area contributed by atoms with Gasteiger partial charge in [-0.2, -0.15) is 4.98 Å². The molecule has 1 atom stereocenters. The van der Waals surface area contributed by atoms with Crippen LogP contribution in [0.3, 0.4) is 0 Å². The van der Waals surface area contributed by atoms with Gasteiger partial charge in [0.1, 0.15) is 0 Å².